The molecule has 1 N–H and O–H groups in total. The van der Waals surface area contributed by atoms with E-state index in [-0.39, 0.29) is 6.10 Å². The SMILES string of the molecule is COc1cccc(COC(CNC(C)C)C(C)C)c1. The topological polar surface area (TPSA) is 30.5 Å². The van der Waals surface area contributed by atoms with E-state index in [1.54, 1.807) is 7.11 Å². The molecule has 1 aromatic rings. The summed E-state index contributed by atoms with van der Waals surface area (Å²) in [5, 5.41) is 3.44. The zero-order valence-electron chi connectivity index (χ0n) is 12.8. The van der Waals surface area contributed by atoms with E-state index in [9.17, 15) is 0 Å². The molecule has 0 aliphatic carbocycles. The summed E-state index contributed by atoms with van der Waals surface area (Å²) in [6.45, 7) is 10.2. The molecule has 0 saturated carbocycles. The second kappa shape index (κ2) is 8.18. The molecule has 0 radical (unpaired) electrons. The average Bonchev–Trinajstić information content (AvgIpc) is 2.38. The first-order valence-electron chi connectivity index (χ1n) is 7.00. The first-order chi connectivity index (χ1) is 9.02. The third kappa shape index (κ3) is 6.08. The molecule has 1 aromatic carbocycles. The summed E-state index contributed by atoms with van der Waals surface area (Å²) >= 11 is 0. The van der Waals surface area contributed by atoms with Crippen LogP contribution in [0.4, 0.5) is 0 Å². The monoisotopic (exact) mass is 265 g/mol. The molecular formula is C16H27NO2. The van der Waals surface area contributed by atoms with Crippen LogP contribution in [0.3, 0.4) is 0 Å². The second-order valence-corrected chi connectivity index (χ2v) is 5.51. The fourth-order valence-corrected chi connectivity index (χ4v) is 1.80. The molecule has 0 aliphatic heterocycles. The molecule has 0 saturated heterocycles. The molecule has 108 valence electrons. The van der Waals surface area contributed by atoms with Gasteiger partial charge in [-0.05, 0) is 23.6 Å². The Hall–Kier alpha value is -1.06. The smallest absolute Gasteiger partial charge is 0.119 e. The number of benzene rings is 1. The van der Waals surface area contributed by atoms with Gasteiger partial charge in [-0.1, -0.05) is 39.8 Å². The van der Waals surface area contributed by atoms with Gasteiger partial charge in [-0.25, -0.2) is 0 Å². The molecule has 1 atom stereocenters. The number of hydrogen-bond donors (Lipinski definition) is 1. The third-order valence-electron chi connectivity index (χ3n) is 3.07. The zero-order valence-corrected chi connectivity index (χ0v) is 12.8. The molecule has 0 aliphatic rings. The number of rotatable bonds is 8. The number of ether oxygens (including phenoxy) is 2. The molecule has 1 unspecified atom stereocenters. The Morgan fingerprint density at radius 3 is 2.47 bits per heavy atom. The van der Waals surface area contributed by atoms with E-state index < -0.39 is 0 Å². The maximum absolute atomic E-state index is 6.02. The van der Waals surface area contributed by atoms with Crippen LogP contribution in [0.5, 0.6) is 5.75 Å². The Labute approximate surface area is 117 Å². The maximum atomic E-state index is 6.02. The van der Waals surface area contributed by atoms with Crippen molar-refractivity contribution in [3.05, 3.63) is 29.8 Å². The Morgan fingerprint density at radius 2 is 1.89 bits per heavy atom. The van der Waals surface area contributed by atoms with E-state index in [0.717, 1.165) is 17.9 Å². The van der Waals surface area contributed by atoms with Crippen molar-refractivity contribution in [2.24, 2.45) is 5.92 Å². The highest BCUT2D eigenvalue weighted by Gasteiger charge is 2.14. The van der Waals surface area contributed by atoms with Gasteiger partial charge in [0.15, 0.2) is 0 Å². The van der Waals surface area contributed by atoms with Crippen LogP contribution in [0.2, 0.25) is 0 Å². The van der Waals surface area contributed by atoms with Crippen molar-refractivity contribution in [3.8, 4) is 5.75 Å². The van der Waals surface area contributed by atoms with Crippen LogP contribution < -0.4 is 10.1 Å². The van der Waals surface area contributed by atoms with E-state index >= 15 is 0 Å². The highest BCUT2D eigenvalue weighted by Crippen LogP contribution is 2.15. The van der Waals surface area contributed by atoms with Gasteiger partial charge in [0.1, 0.15) is 5.75 Å². The molecule has 19 heavy (non-hydrogen) atoms. The molecule has 0 heterocycles. The lowest BCUT2D eigenvalue weighted by atomic mass is 10.1. The van der Waals surface area contributed by atoms with Crippen LogP contribution >= 0.6 is 0 Å². The fourth-order valence-electron chi connectivity index (χ4n) is 1.80. The van der Waals surface area contributed by atoms with Crippen molar-refractivity contribution in [3.63, 3.8) is 0 Å². The first-order valence-corrected chi connectivity index (χ1v) is 7.00. The van der Waals surface area contributed by atoms with Gasteiger partial charge in [-0.2, -0.15) is 0 Å². The molecule has 0 aromatic heterocycles. The van der Waals surface area contributed by atoms with Crippen molar-refractivity contribution < 1.29 is 9.47 Å². The van der Waals surface area contributed by atoms with Crippen molar-refractivity contribution in [1.82, 2.24) is 5.32 Å². The van der Waals surface area contributed by atoms with Crippen molar-refractivity contribution >= 4 is 0 Å². The molecular weight excluding hydrogens is 238 g/mol. The van der Waals surface area contributed by atoms with Gasteiger partial charge in [0.05, 0.1) is 19.8 Å². The van der Waals surface area contributed by atoms with Gasteiger partial charge < -0.3 is 14.8 Å². The zero-order chi connectivity index (χ0) is 14.3. The van der Waals surface area contributed by atoms with Crippen LogP contribution in [0, 0.1) is 5.92 Å². The summed E-state index contributed by atoms with van der Waals surface area (Å²) in [6.07, 6.45) is 0.230. The lowest BCUT2D eigenvalue weighted by Crippen LogP contribution is -2.36. The predicted octanol–water partition coefficient (Wildman–Crippen LogP) is 3.23. The Balaban J connectivity index is 2.50. The Morgan fingerprint density at radius 1 is 1.16 bits per heavy atom. The molecule has 3 heteroatoms. The quantitative estimate of drug-likeness (QED) is 0.783. The highest BCUT2D eigenvalue weighted by molar-refractivity contribution is 5.27. The summed E-state index contributed by atoms with van der Waals surface area (Å²) in [5.74, 6) is 1.37. The normalized spacial score (nSPS) is 13.0. The van der Waals surface area contributed by atoms with E-state index in [1.165, 1.54) is 0 Å². The van der Waals surface area contributed by atoms with Crippen molar-refractivity contribution in [1.29, 1.82) is 0 Å². The molecule has 3 nitrogen and oxygen atoms in total. The molecule has 0 fully saturated rings. The van der Waals surface area contributed by atoms with Crippen molar-refractivity contribution in [2.75, 3.05) is 13.7 Å². The second-order valence-electron chi connectivity index (χ2n) is 5.51. The van der Waals surface area contributed by atoms with Gasteiger partial charge in [0, 0.05) is 12.6 Å². The summed E-state index contributed by atoms with van der Waals surface area (Å²) in [4.78, 5) is 0. The lowest BCUT2D eigenvalue weighted by Gasteiger charge is -2.23. The van der Waals surface area contributed by atoms with E-state index in [2.05, 4.69) is 39.1 Å². The standard InChI is InChI=1S/C16H27NO2/c1-12(2)16(10-17-13(3)4)19-11-14-7-6-8-15(9-14)18-5/h6-9,12-13,16-17H,10-11H2,1-5H3. The minimum Gasteiger partial charge on any atom is -0.497 e. The van der Waals surface area contributed by atoms with Crippen LogP contribution in [-0.4, -0.2) is 25.8 Å². The summed E-state index contributed by atoms with van der Waals surface area (Å²) in [7, 11) is 1.68. The van der Waals surface area contributed by atoms with Crippen molar-refractivity contribution in [2.45, 2.75) is 46.4 Å². The van der Waals surface area contributed by atoms with Gasteiger partial charge in [-0.15, -0.1) is 0 Å². The van der Waals surface area contributed by atoms with E-state index in [1.807, 2.05) is 18.2 Å². The van der Waals surface area contributed by atoms with Crippen LogP contribution in [0.1, 0.15) is 33.3 Å². The van der Waals surface area contributed by atoms with Gasteiger partial charge in [0.2, 0.25) is 0 Å². The third-order valence-corrected chi connectivity index (χ3v) is 3.07. The summed E-state index contributed by atoms with van der Waals surface area (Å²) in [6, 6.07) is 8.52. The fraction of sp³-hybridized carbons (Fsp3) is 0.625. The van der Waals surface area contributed by atoms with Crippen LogP contribution in [-0.2, 0) is 11.3 Å². The Kier molecular flexibility index (Phi) is 6.89. The van der Waals surface area contributed by atoms with E-state index in [4.69, 9.17) is 9.47 Å². The number of methoxy groups -OCH3 is 1. The molecule has 0 amide bonds. The molecule has 0 spiro atoms. The van der Waals surface area contributed by atoms with Gasteiger partial charge in [-0.3, -0.25) is 0 Å². The minimum atomic E-state index is 0.230. The summed E-state index contributed by atoms with van der Waals surface area (Å²) < 4.78 is 11.2. The van der Waals surface area contributed by atoms with Crippen LogP contribution in [0.25, 0.3) is 0 Å². The number of hydrogen-bond acceptors (Lipinski definition) is 3. The van der Waals surface area contributed by atoms with E-state index in [0.29, 0.717) is 18.6 Å². The first kappa shape index (κ1) is 16.0. The maximum Gasteiger partial charge on any atom is 0.119 e. The van der Waals surface area contributed by atoms with Gasteiger partial charge >= 0.3 is 0 Å². The number of nitrogens with one attached hydrogen (secondary N) is 1. The van der Waals surface area contributed by atoms with Gasteiger partial charge in [0.25, 0.3) is 0 Å². The molecule has 0 bridgehead atoms. The Bertz CT molecular complexity index is 364. The average molecular weight is 265 g/mol. The lowest BCUT2D eigenvalue weighted by molar-refractivity contribution is 0.0102. The minimum absolute atomic E-state index is 0.230. The predicted molar refractivity (Wildman–Crippen MR) is 79.5 cm³/mol. The largest absolute Gasteiger partial charge is 0.497 e. The van der Waals surface area contributed by atoms with Crippen LogP contribution in [0.15, 0.2) is 24.3 Å². The molecule has 1 rings (SSSR count). The summed E-state index contributed by atoms with van der Waals surface area (Å²) in [5.41, 5.74) is 1.15. The highest BCUT2D eigenvalue weighted by atomic mass is 16.5.